The van der Waals surface area contributed by atoms with E-state index in [9.17, 15) is 0 Å². The lowest BCUT2D eigenvalue weighted by molar-refractivity contribution is 0.471. The summed E-state index contributed by atoms with van der Waals surface area (Å²) in [6, 6.07) is 0. The molecule has 15 heavy (non-hydrogen) atoms. The maximum absolute atomic E-state index is 6.20. The Morgan fingerprint density at radius 2 is 2.20 bits per heavy atom. The lowest BCUT2D eigenvalue weighted by Crippen LogP contribution is -2.31. The molecule has 1 unspecified atom stereocenters. The SMILES string of the molecule is CCC(C)(N)c1nc(C2CCCC2)cs1. The summed E-state index contributed by atoms with van der Waals surface area (Å²) in [6.07, 6.45) is 6.31. The van der Waals surface area contributed by atoms with E-state index in [0.29, 0.717) is 5.92 Å². The molecule has 0 amide bonds. The van der Waals surface area contributed by atoms with Crippen LogP contribution in [0.1, 0.15) is 62.6 Å². The van der Waals surface area contributed by atoms with Crippen molar-refractivity contribution in [2.75, 3.05) is 0 Å². The summed E-state index contributed by atoms with van der Waals surface area (Å²) < 4.78 is 0. The molecule has 0 spiro atoms. The standard InChI is InChI=1S/C12H20N2S/c1-3-12(2,13)11-14-10(8-15-11)9-6-4-5-7-9/h8-9H,3-7,13H2,1-2H3. The molecule has 2 N–H and O–H groups in total. The average molecular weight is 224 g/mol. The van der Waals surface area contributed by atoms with Crippen LogP contribution in [0.25, 0.3) is 0 Å². The van der Waals surface area contributed by atoms with Gasteiger partial charge in [-0.2, -0.15) is 0 Å². The van der Waals surface area contributed by atoms with Crippen LogP contribution >= 0.6 is 11.3 Å². The van der Waals surface area contributed by atoms with Crippen LogP contribution in [0.15, 0.2) is 5.38 Å². The second kappa shape index (κ2) is 4.22. The smallest absolute Gasteiger partial charge is 0.112 e. The van der Waals surface area contributed by atoms with Crippen molar-refractivity contribution in [3.05, 3.63) is 16.1 Å². The Morgan fingerprint density at radius 3 is 2.80 bits per heavy atom. The molecule has 2 rings (SSSR count). The molecule has 3 heteroatoms. The summed E-state index contributed by atoms with van der Waals surface area (Å²) in [5.74, 6) is 0.711. The summed E-state index contributed by atoms with van der Waals surface area (Å²) in [4.78, 5) is 4.73. The zero-order valence-electron chi connectivity index (χ0n) is 9.62. The van der Waals surface area contributed by atoms with Crippen LogP contribution in [0.3, 0.4) is 0 Å². The van der Waals surface area contributed by atoms with Crippen molar-refractivity contribution in [1.29, 1.82) is 0 Å². The van der Waals surface area contributed by atoms with Crippen LogP contribution in [0.5, 0.6) is 0 Å². The third-order valence-corrected chi connectivity index (χ3v) is 4.66. The average Bonchev–Trinajstić information content (AvgIpc) is 2.88. The van der Waals surface area contributed by atoms with Gasteiger partial charge in [0.1, 0.15) is 5.01 Å². The van der Waals surface area contributed by atoms with Crippen molar-refractivity contribution in [2.45, 2.75) is 57.4 Å². The van der Waals surface area contributed by atoms with E-state index in [-0.39, 0.29) is 5.54 Å². The van der Waals surface area contributed by atoms with Gasteiger partial charge in [0.05, 0.1) is 11.2 Å². The Bertz CT molecular complexity index is 324. The van der Waals surface area contributed by atoms with Crippen molar-refractivity contribution in [3.8, 4) is 0 Å². The molecule has 1 aromatic heterocycles. The zero-order valence-corrected chi connectivity index (χ0v) is 10.4. The number of thiazole rings is 1. The Kier molecular flexibility index (Phi) is 3.12. The van der Waals surface area contributed by atoms with Crippen molar-refractivity contribution in [3.63, 3.8) is 0 Å². The summed E-state index contributed by atoms with van der Waals surface area (Å²) in [5, 5.41) is 3.32. The fourth-order valence-electron chi connectivity index (χ4n) is 2.11. The minimum atomic E-state index is -0.235. The predicted octanol–water partition coefficient (Wildman–Crippen LogP) is 3.38. The fraction of sp³-hybridized carbons (Fsp3) is 0.750. The Balaban J connectivity index is 2.16. The predicted molar refractivity (Wildman–Crippen MR) is 65.2 cm³/mol. The van der Waals surface area contributed by atoms with Gasteiger partial charge in [-0.3, -0.25) is 0 Å². The highest BCUT2D eigenvalue weighted by atomic mass is 32.1. The first-order valence-electron chi connectivity index (χ1n) is 5.88. The van der Waals surface area contributed by atoms with E-state index in [2.05, 4.69) is 19.2 Å². The molecule has 0 bridgehead atoms. The summed E-state index contributed by atoms with van der Waals surface area (Å²) in [6.45, 7) is 4.20. The first kappa shape index (κ1) is 11.1. The Morgan fingerprint density at radius 1 is 1.53 bits per heavy atom. The van der Waals surface area contributed by atoms with Crippen molar-refractivity contribution >= 4 is 11.3 Å². The van der Waals surface area contributed by atoms with Gasteiger partial charge in [-0.05, 0) is 26.2 Å². The zero-order chi connectivity index (χ0) is 10.9. The van der Waals surface area contributed by atoms with Crippen LogP contribution in [0.4, 0.5) is 0 Å². The lowest BCUT2D eigenvalue weighted by Gasteiger charge is -2.19. The maximum Gasteiger partial charge on any atom is 0.112 e. The van der Waals surface area contributed by atoms with E-state index in [1.165, 1.54) is 31.4 Å². The summed E-state index contributed by atoms with van der Waals surface area (Å²) >= 11 is 1.73. The van der Waals surface area contributed by atoms with Crippen molar-refractivity contribution in [1.82, 2.24) is 4.98 Å². The van der Waals surface area contributed by atoms with Gasteiger partial charge < -0.3 is 5.73 Å². The van der Waals surface area contributed by atoms with Gasteiger partial charge in [0, 0.05) is 11.3 Å². The van der Waals surface area contributed by atoms with Gasteiger partial charge in [-0.25, -0.2) is 4.98 Å². The number of nitrogens with zero attached hydrogens (tertiary/aromatic N) is 1. The number of rotatable bonds is 3. The summed E-state index contributed by atoms with van der Waals surface area (Å²) in [5.41, 5.74) is 7.25. The molecule has 1 aliphatic rings. The van der Waals surface area contributed by atoms with Gasteiger partial charge in [0.15, 0.2) is 0 Å². The molecular formula is C12H20N2S. The second-order valence-corrected chi connectivity index (χ2v) is 5.69. The third kappa shape index (κ3) is 2.23. The van der Waals surface area contributed by atoms with Crippen LogP contribution < -0.4 is 5.73 Å². The minimum absolute atomic E-state index is 0.235. The minimum Gasteiger partial charge on any atom is -0.320 e. The van der Waals surface area contributed by atoms with E-state index in [1.807, 2.05) is 0 Å². The van der Waals surface area contributed by atoms with Gasteiger partial charge >= 0.3 is 0 Å². The van der Waals surface area contributed by atoms with Gasteiger partial charge in [-0.1, -0.05) is 19.8 Å². The van der Waals surface area contributed by atoms with Gasteiger partial charge in [-0.15, -0.1) is 11.3 Å². The quantitative estimate of drug-likeness (QED) is 0.854. The van der Waals surface area contributed by atoms with E-state index in [4.69, 9.17) is 10.7 Å². The van der Waals surface area contributed by atoms with Crippen LogP contribution in [-0.4, -0.2) is 4.98 Å². The van der Waals surface area contributed by atoms with Crippen LogP contribution in [0, 0.1) is 0 Å². The highest BCUT2D eigenvalue weighted by Crippen LogP contribution is 2.36. The monoisotopic (exact) mass is 224 g/mol. The molecule has 1 fully saturated rings. The largest absolute Gasteiger partial charge is 0.320 e. The highest BCUT2D eigenvalue weighted by Gasteiger charge is 2.25. The van der Waals surface area contributed by atoms with E-state index < -0.39 is 0 Å². The molecule has 0 aromatic carbocycles. The van der Waals surface area contributed by atoms with E-state index in [1.54, 1.807) is 11.3 Å². The van der Waals surface area contributed by atoms with Crippen molar-refractivity contribution in [2.24, 2.45) is 5.73 Å². The molecule has 0 saturated heterocycles. The molecule has 1 saturated carbocycles. The first-order valence-corrected chi connectivity index (χ1v) is 6.76. The second-order valence-electron chi connectivity index (χ2n) is 4.83. The molecule has 2 nitrogen and oxygen atoms in total. The number of nitrogens with two attached hydrogens (primary N) is 1. The molecule has 1 atom stereocenters. The van der Waals surface area contributed by atoms with Crippen LogP contribution in [-0.2, 0) is 5.54 Å². The maximum atomic E-state index is 6.20. The topological polar surface area (TPSA) is 38.9 Å². The Labute approximate surface area is 95.9 Å². The number of hydrogen-bond donors (Lipinski definition) is 1. The molecule has 1 aliphatic carbocycles. The highest BCUT2D eigenvalue weighted by molar-refractivity contribution is 7.09. The van der Waals surface area contributed by atoms with Crippen molar-refractivity contribution < 1.29 is 0 Å². The number of aromatic nitrogens is 1. The third-order valence-electron chi connectivity index (χ3n) is 3.52. The molecular weight excluding hydrogens is 204 g/mol. The normalized spacial score (nSPS) is 21.8. The summed E-state index contributed by atoms with van der Waals surface area (Å²) in [7, 11) is 0. The Hall–Kier alpha value is -0.410. The van der Waals surface area contributed by atoms with Crippen LogP contribution in [0.2, 0.25) is 0 Å². The van der Waals surface area contributed by atoms with E-state index >= 15 is 0 Å². The van der Waals surface area contributed by atoms with E-state index in [0.717, 1.165) is 11.4 Å². The van der Waals surface area contributed by atoms with Gasteiger partial charge in [0.25, 0.3) is 0 Å². The lowest BCUT2D eigenvalue weighted by atomic mass is 10.0. The number of hydrogen-bond acceptors (Lipinski definition) is 3. The molecule has 1 heterocycles. The molecule has 0 radical (unpaired) electrons. The van der Waals surface area contributed by atoms with Gasteiger partial charge in [0.2, 0.25) is 0 Å². The molecule has 1 aromatic rings. The first-order chi connectivity index (χ1) is 7.13. The fourth-order valence-corrected chi connectivity index (χ4v) is 3.16. The molecule has 0 aliphatic heterocycles. The molecule has 84 valence electrons.